The maximum atomic E-state index is 10.4. The van der Waals surface area contributed by atoms with E-state index in [4.69, 9.17) is 15.9 Å². The molecule has 6 N–H and O–H groups in total. The van der Waals surface area contributed by atoms with E-state index in [0.29, 0.717) is 13.0 Å². The molecule has 2 saturated heterocycles. The highest BCUT2D eigenvalue weighted by atomic mass is 16.4. The van der Waals surface area contributed by atoms with Crippen molar-refractivity contribution in [3.8, 4) is 0 Å². The van der Waals surface area contributed by atoms with Crippen molar-refractivity contribution < 1.29 is 19.8 Å². The summed E-state index contributed by atoms with van der Waals surface area (Å²) in [4.78, 5) is 20.7. The van der Waals surface area contributed by atoms with Crippen molar-refractivity contribution in [2.45, 2.75) is 37.8 Å². The van der Waals surface area contributed by atoms with Gasteiger partial charge in [-0.2, -0.15) is 0 Å². The van der Waals surface area contributed by atoms with Gasteiger partial charge in [-0.15, -0.1) is 0 Å². The van der Waals surface area contributed by atoms with Crippen LogP contribution < -0.4 is 16.4 Å². The van der Waals surface area contributed by atoms with Crippen LogP contribution in [0.2, 0.25) is 0 Å². The Morgan fingerprint density at radius 2 is 1.84 bits per heavy atom. The monoisotopic (exact) mass is 273 g/mol. The molecule has 7 nitrogen and oxygen atoms in total. The Bertz CT molecular complexity index is 305. The summed E-state index contributed by atoms with van der Waals surface area (Å²) in [7, 11) is 0. The van der Waals surface area contributed by atoms with Crippen LogP contribution >= 0.6 is 0 Å². The molecule has 2 heterocycles. The fourth-order valence-electron chi connectivity index (χ4n) is 2.20. The van der Waals surface area contributed by atoms with Gasteiger partial charge in [-0.3, -0.25) is 9.59 Å². The minimum atomic E-state index is -0.796. The number of aliphatic carboxylic acids is 2. The molecule has 2 rings (SSSR count). The Labute approximate surface area is 112 Å². The number of hydrogen-bond acceptors (Lipinski definition) is 5. The zero-order valence-electron chi connectivity index (χ0n) is 11.0. The zero-order valence-corrected chi connectivity index (χ0v) is 11.0. The second kappa shape index (κ2) is 8.08. The standard InChI is InChI=1S/C6H12N2O2.C6H11NO2/c7-4-1-2-8-5(3-4)6(9)10;8-6(9)5-2-1-3-7-4-5/h4-5,8H,1-3,7H2,(H,9,10);5,7H,1-4H2,(H,8,9). The Morgan fingerprint density at radius 1 is 1.11 bits per heavy atom. The summed E-state index contributed by atoms with van der Waals surface area (Å²) in [5.41, 5.74) is 5.56. The first-order chi connectivity index (χ1) is 9.00. The van der Waals surface area contributed by atoms with E-state index in [1.807, 2.05) is 0 Å². The number of rotatable bonds is 2. The fraction of sp³-hybridized carbons (Fsp3) is 0.833. The molecule has 0 aromatic carbocycles. The Hall–Kier alpha value is -1.18. The predicted molar refractivity (Wildman–Crippen MR) is 69.9 cm³/mol. The molecule has 0 aromatic rings. The third-order valence-corrected chi connectivity index (χ3v) is 3.39. The predicted octanol–water partition coefficient (Wildman–Crippen LogP) is -0.779. The van der Waals surface area contributed by atoms with Gasteiger partial charge in [0.2, 0.25) is 0 Å². The van der Waals surface area contributed by atoms with E-state index in [1.54, 1.807) is 0 Å². The first-order valence-electron chi connectivity index (χ1n) is 6.66. The smallest absolute Gasteiger partial charge is 0.320 e. The third-order valence-electron chi connectivity index (χ3n) is 3.39. The van der Waals surface area contributed by atoms with E-state index in [2.05, 4.69) is 10.6 Å². The SMILES string of the molecule is NC1CCNC(C(=O)O)C1.O=C(O)C1CCCNC1. The van der Waals surface area contributed by atoms with Gasteiger partial charge < -0.3 is 26.6 Å². The highest BCUT2D eigenvalue weighted by molar-refractivity contribution is 5.73. The molecular formula is C12H23N3O4. The lowest BCUT2D eigenvalue weighted by molar-refractivity contribution is -0.142. The van der Waals surface area contributed by atoms with Gasteiger partial charge in [0.05, 0.1) is 5.92 Å². The number of carboxylic acid groups (broad SMARTS) is 2. The largest absolute Gasteiger partial charge is 0.481 e. The first-order valence-corrected chi connectivity index (χ1v) is 6.66. The summed E-state index contributed by atoms with van der Waals surface area (Å²) in [6, 6.07) is -0.369. The molecule has 110 valence electrons. The van der Waals surface area contributed by atoms with Crippen molar-refractivity contribution in [3.05, 3.63) is 0 Å². The van der Waals surface area contributed by atoms with Crippen LogP contribution in [0.25, 0.3) is 0 Å². The lowest BCUT2D eigenvalue weighted by atomic mass is 10.0. The summed E-state index contributed by atoms with van der Waals surface area (Å²) < 4.78 is 0. The molecule has 0 radical (unpaired) electrons. The van der Waals surface area contributed by atoms with Crippen molar-refractivity contribution in [3.63, 3.8) is 0 Å². The highest BCUT2D eigenvalue weighted by Crippen LogP contribution is 2.08. The molecule has 0 aliphatic carbocycles. The van der Waals surface area contributed by atoms with Crippen molar-refractivity contribution >= 4 is 11.9 Å². The average molecular weight is 273 g/mol. The normalized spacial score (nSPS) is 30.9. The fourth-order valence-corrected chi connectivity index (χ4v) is 2.20. The van der Waals surface area contributed by atoms with Crippen LogP contribution in [0.1, 0.15) is 25.7 Å². The third kappa shape index (κ3) is 6.00. The van der Waals surface area contributed by atoms with Crippen LogP contribution in [0.4, 0.5) is 0 Å². The maximum absolute atomic E-state index is 10.4. The van der Waals surface area contributed by atoms with Crippen molar-refractivity contribution in [2.75, 3.05) is 19.6 Å². The number of hydrogen-bond donors (Lipinski definition) is 5. The van der Waals surface area contributed by atoms with Gasteiger partial charge in [0.15, 0.2) is 0 Å². The lowest BCUT2D eigenvalue weighted by Crippen LogP contribution is -2.47. The first kappa shape index (κ1) is 15.9. The molecular weight excluding hydrogens is 250 g/mol. The maximum Gasteiger partial charge on any atom is 0.320 e. The van der Waals surface area contributed by atoms with E-state index < -0.39 is 18.0 Å². The molecule has 2 aliphatic rings. The van der Waals surface area contributed by atoms with Crippen LogP contribution in [0, 0.1) is 5.92 Å². The zero-order chi connectivity index (χ0) is 14.3. The van der Waals surface area contributed by atoms with Crippen molar-refractivity contribution in [1.82, 2.24) is 10.6 Å². The molecule has 0 bridgehead atoms. The van der Waals surface area contributed by atoms with Crippen LogP contribution in [-0.2, 0) is 9.59 Å². The van der Waals surface area contributed by atoms with E-state index in [9.17, 15) is 9.59 Å². The van der Waals surface area contributed by atoms with E-state index in [1.165, 1.54) is 0 Å². The highest BCUT2D eigenvalue weighted by Gasteiger charge is 2.23. The molecule has 0 aromatic heterocycles. The second-order valence-electron chi connectivity index (χ2n) is 5.01. The van der Waals surface area contributed by atoms with Gasteiger partial charge in [0, 0.05) is 12.6 Å². The summed E-state index contributed by atoms with van der Waals surface area (Å²) in [5.74, 6) is -1.60. The van der Waals surface area contributed by atoms with Crippen LogP contribution in [0.15, 0.2) is 0 Å². The van der Waals surface area contributed by atoms with Crippen LogP contribution in [0.3, 0.4) is 0 Å². The van der Waals surface area contributed by atoms with E-state index in [-0.39, 0.29) is 12.0 Å². The summed E-state index contributed by atoms with van der Waals surface area (Å²) >= 11 is 0. The minimum absolute atomic E-state index is 0.0577. The summed E-state index contributed by atoms with van der Waals surface area (Å²) in [5, 5.41) is 22.9. The van der Waals surface area contributed by atoms with Crippen molar-refractivity contribution in [1.29, 1.82) is 0 Å². The summed E-state index contributed by atoms with van der Waals surface area (Å²) in [6.45, 7) is 2.34. The van der Waals surface area contributed by atoms with E-state index in [0.717, 1.165) is 32.4 Å². The van der Waals surface area contributed by atoms with Gasteiger partial charge in [0.1, 0.15) is 6.04 Å². The topological polar surface area (TPSA) is 125 Å². The number of piperidine rings is 2. The molecule has 0 amide bonds. The number of nitrogens with two attached hydrogens (primary N) is 1. The van der Waals surface area contributed by atoms with E-state index >= 15 is 0 Å². The van der Waals surface area contributed by atoms with Crippen molar-refractivity contribution in [2.24, 2.45) is 11.7 Å². The molecule has 2 fully saturated rings. The summed E-state index contributed by atoms with van der Waals surface area (Å²) in [6.07, 6.45) is 3.26. The molecule has 19 heavy (non-hydrogen) atoms. The van der Waals surface area contributed by atoms with Gasteiger partial charge >= 0.3 is 11.9 Å². The average Bonchev–Trinajstić information content (AvgIpc) is 2.40. The number of carboxylic acids is 2. The molecule has 3 unspecified atom stereocenters. The van der Waals surface area contributed by atoms with Gasteiger partial charge in [0.25, 0.3) is 0 Å². The van der Waals surface area contributed by atoms with Crippen LogP contribution in [-0.4, -0.2) is 53.9 Å². The van der Waals surface area contributed by atoms with Gasteiger partial charge in [-0.1, -0.05) is 0 Å². The number of nitrogens with one attached hydrogen (secondary N) is 2. The van der Waals surface area contributed by atoms with Gasteiger partial charge in [-0.05, 0) is 38.8 Å². The van der Waals surface area contributed by atoms with Gasteiger partial charge in [-0.25, -0.2) is 0 Å². The number of carbonyl (C=O) groups is 2. The second-order valence-corrected chi connectivity index (χ2v) is 5.01. The quantitative estimate of drug-likeness (QED) is 0.447. The molecule has 3 atom stereocenters. The molecule has 2 aliphatic heterocycles. The molecule has 7 heteroatoms. The Balaban J connectivity index is 0.000000191. The van der Waals surface area contributed by atoms with Crippen LogP contribution in [0.5, 0.6) is 0 Å². The lowest BCUT2D eigenvalue weighted by Gasteiger charge is -2.24. The molecule has 0 saturated carbocycles. The minimum Gasteiger partial charge on any atom is -0.481 e. The molecule has 0 spiro atoms. The Kier molecular flexibility index (Phi) is 6.75. The Morgan fingerprint density at radius 3 is 2.21 bits per heavy atom.